The number of carbonyl (C=O) groups excluding carboxylic acids is 1. The maximum atomic E-state index is 11.8. The number of carbonyl (C=O) groups is 2. The number of carboxylic acid groups (broad SMARTS) is 1. The minimum Gasteiger partial charge on any atom is -0.478 e. The lowest BCUT2D eigenvalue weighted by Gasteiger charge is -2.49. The summed E-state index contributed by atoms with van der Waals surface area (Å²) in [6.07, 6.45) is 0.0885. The maximum Gasteiger partial charge on any atom is 0.338 e. The molecule has 2 rings (SSSR count). The highest BCUT2D eigenvalue weighted by Gasteiger charge is 2.48. The Labute approximate surface area is 114 Å². The molecule has 1 aliphatic carbocycles. The van der Waals surface area contributed by atoms with E-state index in [1.54, 1.807) is 5.38 Å². The highest BCUT2D eigenvalue weighted by atomic mass is 32.1. The number of thiophene rings is 1. The lowest BCUT2D eigenvalue weighted by Crippen LogP contribution is -2.61. The first-order valence-electron chi connectivity index (χ1n) is 5.88. The zero-order chi connectivity index (χ0) is 14.2. The Kier molecular flexibility index (Phi) is 3.51. The predicted octanol–water partition coefficient (Wildman–Crippen LogP) is 1.73. The maximum absolute atomic E-state index is 11.8. The first-order chi connectivity index (χ1) is 8.82. The van der Waals surface area contributed by atoms with E-state index in [4.69, 9.17) is 5.11 Å². The standard InChI is InChI=1S/C12H16N2O4S/c1-12(2)7(5-8(12)15)13-11(18)14-9-6(10(16)17)3-4-19-9/h3-4,7-8,15H,5H2,1-2H3,(H,16,17)(H2,13,14,18). The van der Waals surface area contributed by atoms with Crippen molar-refractivity contribution in [1.82, 2.24) is 5.32 Å². The molecular formula is C12H16N2O4S. The number of anilines is 1. The third-order valence-corrected chi connectivity index (χ3v) is 4.47. The number of aliphatic hydroxyl groups is 1. The highest BCUT2D eigenvalue weighted by molar-refractivity contribution is 7.14. The van der Waals surface area contributed by atoms with Gasteiger partial charge in [0.05, 0.1) is 11.7 Å². The molecule has 6 nitrogen and oxygen atoms in total. The Balaban J connectivity index is 1.95. The molecule has 1 heterocycles. The Morgan fingerprint density at radius 2 is 2.16 bits per heavy atom. The van der Waals surface area contributed by atoms with Gasteiger partial charge in [0.1, 0.15) is 5.00 Å². The molecule has 0 saturated heterocycles. The minimum absolute atomic E-state index is 0.0769. The van der Waals surface area contributed by atoms with Gasteiger partial charge in [0.15, 0.2) is 0 Å². The van der Waals surface area contributed by atoms with Gasteiger partial charge in [0.2, 0.25) is 0 Å². The molecule has 1 aliphatic rings. The second-order valence-corrected chi connectivity index (χ2v) is 6.11. The van der Waals surface area contributed by atoms with Crippen LogP contribution >= 0.6 is 11.3 Å². The Morgan fingerprint density at radius 3 is 2.68 bits per heavy atom. The number of hydrogen-bond acceptors (Lipinski definition) is 4. The van der Waals surface area contributed by atoms with Crippen LogP contribution in [0.5, 0.6) is 0 Å². The van der Waals surface area contributed by atoms with Crippen molar-refractivity contribution in [1.29, 1.82) is 0 Å². The van der Waals surface area contributed by atoms with E-state index in [-0.39, 0.29) is 17.0 Å². The van der Waals surface area contributed by atoms with Crippen LogP contribution in [0.15, 0.2) is 11.4 Å². The molecule has 1 aromatic rings. The normalized spacial score (nSPS) is 24.4. The van der Waals surface area contributed by atoms with E-state index in [0.717, 1.165) is 11.3 Å². The summed E-state index contributed by atoms with van der Waals surface area (Å²) in [4.78, 5) is 22.7. The van der Waals surface area contributed by atoms with E-state index in [9.17, 15) is 14.7 Å². The average Bonchev–Trinajstić information content (AvgIpc) is 2.76. The molecule has 0 spiro atoms. The van der Waals surface area contributed by atoms with Gasteiger partial charge in [-0.05, 0) is 17.9 Å². The van der Waals surface area contributed by atoms with Crippen molar-refractivity contribution in [3.05, 3.63) is 17.0 Å². The quantitative estimate of drug-likeness (QED) is 0.679. The number of aliphatic hydroxyl groups excluding tert-OH is 1. The van der Waals surface area contributed by atoms with Crippen molar-refractivity contribution < 1.29 is 19.8 Å². The van der Waals surface area contributed by atoms with Gasteiger partial charge in [-0.15, -0.1) is 11.3 Å². The number of carboxylic acids is 1. The Morgan fingerprint density at radius 1 is 1.47 bits per heavy atom. The SMILES string of the molecule is CC1(C)C(O)CC1NC(=O)Nc1sccc1C(=O)O. The van der Waals surface area contributed by atoms with E-state index in [1.807, 2.05) is 13.8 Å². The molecule has 2 amide bonds. The van der Waals surface area contributed by atoms with Gasteiger partial charge in [-0.3, -0.25) is 5.32 Å². The Hall–Kier alpha value is -1.60. The largest absolute Gasteiger partial charge is 0.478 e. The monoisotopic (exact) mass is 284 g/mol. The third kappa shape index (κ3) is 2.57. The van der Waals surface area contributed by atoms with Crippen molar-refractivity contribution in [3.63, 3.8) is 0 Å². The summed E-state index contributed by atoms with van der Waals surface area (Å²) in [5.41, 5.74) is -0.282. The average molecular weight is 284 g/mol. The summed E-state index contributed by atoms with van der Waals surface area (Å²) in [5, 5.41) is 25.7. The molecule has 19 heavy (non-hydrogen) atoms. The summed E-state index contributed by atoms with van der Waals surface area (Å²) in [6, 6.07) is 0.880. The molecule has 7 heteroatoms. The molecule has 0 aromatic carbocycles. The van der Waals surface area contributed by atoms with Crippen LogP contribution in [0, 0.1) is 5.41 Å². The van der Waals surface area contributed by atoms with Crippen LogP contribution in [0.3, 0.4) is 0 Å². The van der Waals surface area contributed by atoms with Crippen molar-refractivity contribution in [2.45, 2.75) is 32.4 Å². The second kappa shape index (κ2) is 4.82. The van der Waals surface area contributed by atoms with Crippen LogP contribution in [0.25, 0.3) is 0 Å². The third-order valence-electron chi connectivity index (χ3n) is 3.64. The van der Waals surface area contributed by atoms with E-state index < -0.39 is 18.1 Å². The summed E-state index contributed by atoms with van der Waals surface area (Å²) < 4.78 is 0. The summed E-state index contributed by atoms with van der Waals surface area (Å²) >= 11 is 1.16. The van der Waals surface area contributed by atoms with Gasteiger partial charge < -0.3 is 15.5 Å². The zero-order valence-corrected chi connectivity index (χ0v) is 11.5. The van der Waals surface area contributed by atoms with Crippen molar-refractivity contribution in [2.24, 2.45) is 5.41 Å². The van der Waals surface area contributed by atoms with Gasteiger partial charge in [-0.2, -0.15) is 0 Å². The lowest BCUT2D eigenvalue weighted by molar-refractivity contribution is -0.0673. The molecular weight excluding hydrogens is 268 g/mol. The molecule has 1 fully saturated rings. The van der Waals surface area contributed by atoms with Gasteiger partial charge in [-0.1, -0.05) is 13.8 Å². The van der Waals surface area contributed by atoms with Crippen LogP contribution in [-0.4, -0.2) is 34.4 Å². The molecule has 104 valence electrons. The number of nitrogens with one attached hydrogen (secondary N) is 2. The van der Waals surface area contributed by atoms with Gasteiger partial charge in [0.25, 0.3) is 0 Å². The van der Waals surface area contributed by atoms with Gasteiger partial charge in [0, 0.05) is 11.5 Å². The van der Waals surface area contributed by atoms with Crippen LogP contribution in [0.1, 0.15) is 30.6 Å². The fourth-order valence-corrected chi connectivity index (χ4v) is 2.79. The molecule has 1 saturated carbocycles. The fraction of sp³-hybridized carbons (Fsp3) is 0.500. The van der Waals surface area contributed by atoms with Gasteiger partial charge >= 0.3 is 12.0 Å². The van der Waals surface area contributed by atoms with E-state index in [2.05, 4.69) is 10.6 Å². The van der Waals surface area contributed by atoms with Crippen LogP contribution in [-0.2, 0) is 0 Å². The zero-order valence-electron chi connectivity index (χ0n) is 10.6. The molecule has 2 atom stereocenters. The number of hydrogen-bond donors (Lipinski definition) is 4. The highest BCUT2D eigenvalue weighted by Crippen LogP contribution is 2.40. The number of urea groups is 1. The predicted molar refractivity (Wildman–Crippen MR) is 71.6 cm³/mol. The van der Waals surface area contributed by atoms with Crippen LogP contribution in [0.4, 0.5) is 9.80 Å². The topological polar surface area (TPSA) is 98.7 Å². The van der Waals surface area contributed by atoms with Crippen molar-refractivity contribution in [3.8, 4) is 0 Å². The fourth-order valence-electron chi connectivity index (χ4n) is 2.02. The second-order valence-electron chi connectivity index (χ2n) is 5.19. The number of aromatic carboxylic acids is 1. The smallest absolute Gasteiger partial charge is 0.338 e. The summed E-state index contributed by atoms with van der Waals surface area (Å²) in [6.45, 7) is 3.75. The molecule has 2 unspecified atom stereocenters. The molecule has 1 aromatic heterocycles. The number of amides is 2. The Bertz CT molecular complexity index is 512. The molecule has 0 bridgehead atoms. The van der Waals surface area contributed by atoms with E-state index >= 15 is 0 Å². The molecule has 4 N–H and O–H groups in total. The van der Waals surface area contributed by atoms with Crippen molar-refractivity contribution in [2.75, 3.05) is 5.32 Å². The van der Waals surface area contributed by atoms with Gasteiger partial charge in [-0.25, -0.2) is 9.59 Å². The first kappa shape index (κ1) is 13.8. The van der Waals surface area contributed by atoms with Crippen molar-refractivity contribution >= 4 is 28.3 Å². The molecule has 0 aliphatic heterocycles. The van der Waals surface area contributed by atoms with E-state index in [0.29, 0.717) is 11.4 Å². The lowest BCUT2D eigenvalue weighted by atomic mass is 9.65. The summed E-state index contributed by atoms with van der Waals surface area (Å²) in [7, 11) is 0. The summed E-state index contributed by atoms with van der Waals surface area (Å²) in [5.74, 6) is -1.07. The number of rotatable bonds is 3. The van der Waals surface area contributed by atoms with Crippen LogP contribution < -0.4 is 10.6 Å². The van der Waals surface area contributed by atoms with E-state index in [1.165, 1.54) is 6.07 Å². The first-order valence-corrected chi connectivity index (χ1v) is 6.76. The molecule has 0 radical (unpaired) electrons. The van der Waals surface area contributed by atoms with Crippen LogP contribution in [0.2, 0.25) is 0 Å². The minimum atomic E-state index is -1.07.